The molecule has 0 aliphatic rings. The topological polar surface area (TPSA) is 29.1 Å². The zero-order valence-corrected chi connectivity index (χ0v) is 12.5. The van der Waals surface area contributed by atoms with Crippen molar-refractivity contribution in [2.45, 2.75) is 25.7 Å². The summed E-state index contributed by atoms with van der Waals surface area (Å²) < 4.78 is 13.0. The van der Waals surface area contributed by atoms with Gasteiger partial charge < -0.3 is 5.32 Å². The Morgan fingerprint density at radius 2 is 1.95 bits per heavy atom. The fourth-order valence-corrected chi connectivity index (χ4v) is 2.45. The van der Waals surface area contributed by atoms with Crippen molar-refractivity contribution in [2.75, 3.05) is 5.32 Å². The predicted molar refractivity (Wildman–Crippen MR) is 84.1 cm³/mol. The molecule has 2 nitrogen and oxygen atoms in total. The number of anilines is 1. The van der Waals surface area contributed by atoms with Gasteiger partial charge in [0.05, 0.1) is 16.6 Å². The van der Waals surface area contributed by atoms with Gasteiger partial charge in [0.15, 0.2) is 0 Å². The average molecular weight is 306 g/mol. The number of carbonyl (C=O) groups is 1. The van der Waals surface area contributed by atoms with Crippen molar-refractivity contribution in [1.29, 1.82) is 0 Å². The summed E-state index contributed by atoms with van der Waals surface area (Å²) in [7, 11) is 0. The van der Waals surface area contributed by atoms with Crippen LogP contribution in [0.15, 0.2) is 48.5 Å². The first-order valence-electron chi connectivity index (χ1n) is 6.92. The minimum atomic E-state index is -0.425. The van der Waals surface area contributed by atoms with Gasteiger partial charge >= 0.3 is 0 Å². The first-order chi connectivity index (χ1) is 10.1. The number of halogens is 2. The summed E-state index contributed by atoms with van der Waals surface area (Å²) in [5.41, 5.74) is 1.40. The second-order valence-corrected chi connectivity index (χ2v) is 5.27. The number of amides is 1. The van der Waals surface area contributed by atoms with E-state index in [0.717, 1.165) is 18.4 Å². The highest BCUT2D eigenvalue weighted by Gasteiger charge is 2.20. The Morgan fingerprint density at radius 3 is 2.57 bits per heavy atom. The van der Waals surface area contributed by atoms with Crippen molar-refractivity contribution >= 4 is 23.2 Å². The van der Waals surface area contributed by atoms with E-state index in [9.17, 15) is 9.18 Å². The fourth-order valence-electron chi connectivity index (χ4n) is 2.23. The van der Waals surface area contributed by atoms with E-state index in [0.29, 0.717) is 5.69 Å². The van der Waals surface area contributed by atoms with Crippen LogP contribution in [0, 0.1) is 5.82 Å². The molecule has 1 N–H and O–H groups in total. The Labute approximate surface area is 128 Å². The van der Waals surface area contributed by atoms with E-state index in [2.05, 4.69) is 5.32 Å². The molecule has 2 aromatic carbocycles. The zero-order chi connectivity index (χ0) is 15.2. The standard InChI is InChI=1S/C17H17ClFNO/c1-2-6-14(12-7-4-3-5-8-12)17(21)20-16-10-9-13(19)11-15(16)18/h3-5,7-11,14H,2,6H2,1H3,(H,20,21)/t14-/m0/s1. The van der Waals surface area contributed by atoms with Crippen LogP contribution in [0.1, 0.15) is 31.2 Å². The van der Waals surface area contributed by atoms with E-state index in [1.807, 2.05) is 37.3 Å². The molecule has 0 heterocycles. The maximum atomic E-state index is 13.0. The Hall–Kier alpha value is -1.87. The molecule has 2 aromatic rings. The second kappa shape index (κ2) is 7.23. The van der Waals surface area contributed by atoms with Crippen LogP contribution in [0.2, 0.25) is 5.02 Å². The van der Waals surface area contributed by atoms with Crippen LogP contribution >= 0.6 is 11.6 Å². The van der Waals surface area contributed by atoms with Crippen molar-refractivity contribution < 1.29 is 9.18 Å². The Kier molecular flexibility index (Phi) is 5.34. The smallest absolute Gasteiger partial charge is 0.231 e. The van der Waals surface area contributed by atoms with Crippen molar-refractivity contribution in [3.63, 3.8) is 0 Å². The van der Waals surface area contributed by atoms with Gasteiger partial charge in [-0.15, -0.1) is 0 Å². The number of hydrogen-bond donors (Lipinski definition) is 1. The highest BCUT2D eigenvalue weighted by Crippen LogP contribution is 2.27. The van der Waals surface area contributed by atoms with Gasteiger partial charge in [-0.2, -0.15) is 0 Å². The summed E-state index contributed by atoms with van der Waals surface area (Å²) in [6.07, 6.45) is 1.64. The SMILES string of the molecule is CCC[C@H](C(=O)Nc1ccc(F)cc1Cl)c1ccccc1. The molecule has 0 aliphatic heterocycles. The van der Waals surface area contributed by atoms with E-state index in [1.165, 1.54) is 18.2 Å². The largest absolute Gasteiger partial charge is 0.324 e. The summed E-state index contributed by atoms with van der Waals surface area (Å²) in [6, 6.07) is 13.6. The molecule has 0 aliphatic carbocycles. The summed E-state index contributed by atoms with van der Waals surface area (Å²) in [6.45, 7) is 2.04. The van der Waals surface area contributed by atoms with Gasteiger partial charge in [-0.05, 0) is 30.2 Å². The molecule has 0 unspecified atom stereocenters. The van der Waals surface area contributed by atoms with Gasteiger partial charge in [-0.1, -0.05) is 55.3 Å². The molecule has 0 saturated heterocycles. The van der Waals surface area contributed by atoms with Crippen LogP contribution in [0.4, 0.5) is 10.1 Å². The van der Waals surface area contributed by atoms with Crippen LogP contribution in [0.5, 0.6) is 0 Å². The predicted octanol–water partition coefficient (Wildman–Crippen LogP) is 5.00. The second-order valence-electron chi connectivity index (χ2n) is 4.87. The molecule has 0 fully saturated rings. The third-order valence-corrected chi connectivity index (χ3v) is 3.60. The van der Waals surface area contributed by atoms with Gasteiger partial charge in [0.2, 0.25) is 5.91 Å². The lowest BCUT2D eigenvalue weighted by Crippen LogP contribution is -2.21. The first-order valence-corrected chi connectivity index (χ1v) is 7.30. The first kappa shape index (κ1) is 15.5. The van der Waals surface area contributed by atoms with Crippen LogP contribution in [-0.4, -0.2) is 5.91 Å². The Bertz CT molecular complexity index is 615. The average Bonchev–Trinajstić information content (AvgIpc) is 2.48. The van der Waals surface area contributed by atoms with Crippen LogP contribution in [0.25, 0.3) is 0 Å². The minimum Gasteiger partial charge on any atom is -0.324 e. The normalized spacial score (nSPS) is 12.0. The lowest BCUT2D eigenvalue weighted by molar-refractivity contribution is -0.117. The van der Waals surface area contributed by atoms with E-state index >= 15 is 0 Å². The van der Waals surface area contributed by atoms with Crippen LogP contribution < -0.4 is 5.32 Å². The Morgan fingerprint density at radius 1 is 1.24 bits per heavy atom. The van der Waals surface area contributed by atoms with Crippen molar-refractivity contribution in [2.24, 2.45) is 0 Å². The molecule has 110 valence electrons. The molecule has 4 heteroatoms. The summed E-state index contributed by atoms with van der Waals surface area (Å²) in [5.74, 6) is -0.792. The number of carbonyl (C=O) groups excluding carboxylic acids is 1. The minimum absolute atomic E-state index is 0.128. The molecule has 0 saturated carbocycles. The van der Waals surface area contributed by atoms with E-state index < -0.39 is 5.82 Å². The summed E-state index contributed by atoms with van der Waals surface area (Å²) >= 11 is 5.95. The maximum Gasteiger partial charge on any atom is 0.231 e. The Balaban J connectivity index is 2.19. The van der Waals surface area contributed by atoms with Gasteiger partial charge in [0.1, 0.15) is 5.82 Å². The highest BCUT2D eigenvalue weighted by atomic mass is 35.5. The van der Waals surface area contributed by atoms with Gasteiger partial charge in [-0.3, -0.25) is 4.79 Å². The van der Waals surface area contributed by atoms with Crippen molar-refractivity contribution in [3.8, 4) is 0 Å². The molecular formula is C17H17ClFNO. The lowest BCUT2D eigenvalue weighted by atomic mass is 9.93. The van der Waals surface area contributed by atoms with Crippen LogP contribution in [-0.2, 0) is 4.79 Å². The molecule has 1 amide bonds. The van der Waals surface area contributed by atoms with E-state index in [-0.39, 0.29) is 16.8 Å². The third kappa shape index (κ3) is 4.05. The third-order valence-electron chi connectivity index (χ3n) is 3.28. The van der Waals surface area contributed by atoms with Gasteiger partial charge in [0, 0.05) is 0 Å². The zero-order valence-electron chi connectivity index (χ0n) is 11.8. The highest BCUT2D eigenvalue weighted by molar-refractivity contribution is 6.33. The summed E-state index contributed by atoms with van der Waals surface area (Å²) in [5, 5.41) is 2.98. The molecule has 0 aromatic heterocycles. The molecular weight excluding hydrogens is 289 g/mol. The maximum absolute atomic E-state index is 13.0. The molecule has 0 spiro atoms. The monoisotopic (exact) mass is 305 g/mol. The molecule has 0 radical (unpaired) electrons. The van der Waals surface area contributed by atoms with Gasteiger partial charge in [-0.25, -0.2) is 4.39 Å². The number of rotatable bonds is 5. The van der Waals surface area contributed by atoms with Crippen LogP contribution in [0.3, 0.4) is 0 Å². The molecule has 1 atom stereocenters. The number of benzene rings is 2. The van der Waals surface area contributed by atoms with E-state index in [4.69, 9.17) is 11.6 Å². The fraction of sp³-hybridized carbons (Fsp3) is 0.235. The molecule has 21 heavy (non-hydrogen) atoms. The van der Waals surface area contributed by atoms with E-state index in [1.54, 1.807) is 0 Å². The van der Waals surface area contributed by atoms with Crippen molar-refractivity contribution in [1.82, 2.24) is 0 Å². The van der Waals surface area contributed by atoms with Gasteiger partial charge in [0.25, 0.3) is 0 Å². The molecule has 2 rings (SSSR count). The van der Waals surface area contributed by atoms with Crippen molar-refractivity contribution in [3.05, 3.63) is 64.9 Å². The quantitative estimate of drug-likeness (QED) is 0.827. The molecule has 0 bridgehead atoms. The number of hydrogen-bond acceptors (Lipinski definition) is 1. The summed E-state index contributed by atoms with van der Waals surface area (Å²) in [4.78, 5) is 12.5. The lowest BCUT2D eigenvalue weighted by Gasteiger charge is -2.17. The number of nitrogens with one attached hydrogen (secondary N) is 1.